The minimum absolute atomic E-state index is 0.372. The monoisotopic (exact) mass is 489 g/mol. The Bertz CT molecular complexity index is 1060. The number of carbonyl (C=O) groups is 1. The second kappa shape index (κ2) is 9.77. The number of benzene rings is 2. The Morgan fingerprint density at radius 2 is 1.66 bits per heavy atom. The number of nitrogens with zero attached hydrogens (tertiary/aromatic N) is 3. The van der Waals surface area contributed by atoms with E-state index in [1.54, 1.807) is 0 Å². The molecule has 0 bridgehead atoms. The van der Waals surface area contributed by atoms with E-state index < -0.39 is 59.2 Å². The number of hydrogen-bond acceptors (Lipinski definition) is 6. The van der Waals surface area contributed by atoms with Gasteiger partial charge >= 0.3 is 5.51 Å². The Balaban J connectivity index is 1.68. The molecule has 1 fully saturated rings. The van der Waals surface area contributed by atoms with Crippen molar-refractivity contribution in [1.82, 2.24) is 4.90 Å². The quantitative estimate of drug-likeness (QED) is 0.457. The molecule has 0 aromatic heterocycles. The van der Waals surface area contributed by atoms with Gasteiger partial charge in [-0.2, -0.15) is 13.2 Å². The molecule has 2 atom stereocenters. The Morgan fingerprint density at radius 1 is 1.03 bits per heavy atom. The third-order valence-corrected chi connectivity index (χ3v) is 7.25. The lowest BCUT2D eigenvalue weighted by Gasteiger charge is -2.36. The Labute approximate surface area is 186 Å². The van der Waals surface area contributed by atoms with E-state index in [1.165, 1.54) is 4.90 Å². The third-order valence-electron chi connectivity index (χ3n) is 4.80. The summed E-state index contributed by atoms with van der Waals surface area (Å²) in [6, 6.07) is 11.7. The topological polar surface area (TPSA) is 101 Å². The van der Waals surface area contributed by atoms with Gasteiger partial charge in [-0.25, -0.2) is 4.21 Å². The maximum absolute atomic E-state index is 12.7. The Kier molecular flexibility index (Phi) is 7.29. The lowest BCUT2D eigenvalue weighted by molar-refractivity contribution is -0.388. The average Bonchev–Trinajstić information content (AvgIpc) is 2.78. The second-order valence-corrected chi connectivity index (χ2v) is 9.69. The Hall–Kier alpha value is -2.80. The number of nitro groups is 1. The van der Waals surface area contributed by atoms with Gasteiger partial charge in [0.15, 0.2) is 10.8 Å². The van der Waals surface area contributed by atoms with Gasteiger partial charge in [-0.3, -0.25) is 19.1 Å². The van der Waals surface area contributed by atoms with E-state index in [0.29, 0.717) is 32.2 Å². The Morgan fingerprint density at radius 3 is 2.22 bits per heavy atom. The molecule has 13 heteroatoms. The summed E-state index contributed by atoms with van der Waals surface area (Å²) in [6.45, 7) is 1.86. The van der Waals surface area contributed by atoms with Crippen molar-refractivity contribution in [2.24, 2.45) is 0 Å². The van der Waals surface area contributed by atoms with Crippen molar-refractivity contribution in [3.63, 3.8) is 0 Å². The van der Waals surface area contributed by atoms with Crippen molar-refractivity contribution in [2.75, 3.05) is 36.8 Å². The second-order valence-electron chi connectivity index (χ2n) is 6.79. The number of nitro benzene ring substituents is 1. The molecule has 1 amide bonds. The first-order valence-electron chi connectivity index (χ1n) is 9.31. The van der Waals surface area contributed by atoms with Crippen LogP contribution in [0.1, 0.15) is 0 Å². The van der Waals surface area contributed by atoms with Gasteiger partial charge in [0.05, 0.1) is 20.6 Å². The van der Waals surface area contributed by atoms with Gasteiger partial charge in [0.2, 0.25) is 5.91 Å². The van der Waals surface area contributed by atoms with Gasteiger partial charge in [-0.05, 0) is 24.3 Å². The first-order chi connectivity index (χ1) is 15.1. The van der Waals surface area contributed by atoms with Crippen LogP contribution in [-0.4, -0.2) is 61.6 Å². The van der Waals surface area contributed by atoms with Crippen LogP contribution in [0.5, 0.6) is 0 Å². The largest absolute Gasteiger partial charge is 0.475 e. The molecule has 1 aliphatic heterocycles. The summed E-state index contributed by atoms with van der Waals surface area (Å²) in [5.41, 5.74) is -4.96. The lowest BCUT2D eigenvalue weighted by atomic mass is 10.2. The first kappa shape index (κ1) is 23.9. The number of hydrogen-bond donors (Lipinski definition) is 0. The molecule has 0 saturated carbocycles. The summed E-state index contributed by atoms with van der Waals surface area (Å²) in [4.78, 5) is 25.2. The summed E-state index contributed by atoms with van der Waals surface area (Å²) in [6.07, 6.45) is 0. The summed E-state index contributed by atoms with van der Waals surface area (Å²) < 4.78 is 62.1. The zero-order valence-corrected chi connectivity index (χ0v) is 18.1. The number of halogens is 3. The van der Waals surface area contributed by atoms with Crippen LogP contribution < -0.4 is 4.90 Å². The molecular formula is C19H18F3N3O5S2. The van der Waals surface area contributed by atoms with Crippen molar-refractivity contribution < 1.29 is 31.3 Å². The van der Waals surface area contributed by atoms with E-state index in [1.807, 2.05) is 30.3 Å². The van der Waals surface area contributed by atoms with Gasteiger partial charge < -0.3 is 9.80 Å². The van der Waals surface area contributed by atoms with Gasteiger partial charge in [0.1, 0.15) is 10.6 Å². The highest BCUT2D eigenvalue weighted by Gasteiger charge is 2.39. The number of piperazine rings is 1. The molecule has 0 unspecified atom stereocenters. The highest BCUT2D eigenvalue weighted by atomic mass is 32.2. The molecule has 3 rings (SSSR count). The van der Waals surface area contributed by atoms with Crippen LogP contribution in [0.2, 0.25) is 0 Å². The van der Waals surface area contributed by atoms with Gasteiger partial charge in [-0.15, -0.1) is 0 Å². The number of rotatable bonds is 6. The molecule has 0 spiro atoms. The number of para-hydroxylation sites is 1. The minimum Gasteiger partial charge on any atom is -0.368 e. The van der Waals surface area contributed by atoms with Crippen molar-refractivity contribution in [3.05, 3.63) is 58.6 Å². The molecule has 2 aromatic rings. The summed E-state index contributed by atoms with van der Waals surface area (Å²) in [5.74, 6) is -1.03. The van der Waals surface area contributed by atoms with Crippen LogP contribution in [-0.2, 0) is 26.4 Å². The molecule has 8 nitrogen and oxygen atoms in total. The van der Waals surface area contributed by atoms with Crippen molar-refractivity contribution in [3.8, 4) is 0 Å². The molecule has 0 N–H and O–H groups in total. The van der Waals surface area contributed by atoms with Gasteiger partial charge in [0.25, 0.3) is 5.69 Å². The van der Waals surface area contributed by atoms with E-state index in [0.717, 1.165) is 17.8 Å². The maximum Gasteiger partial charge on any atom is 0.475 e. The summed E-state index contributed by atoms with van der Waals surface area (Å²) in [7, 11) is -5.63. The zero-order chi connectivity index (χ0) is 23.5. The fourth-order valence-electron chi connectivity index (χ4n) is 3.22. The van der Waals surface area contributed by atoms with E-state index in [4.69, 9.17) is 0 Å². The van der Waals surface area contributed by atoms with E-state index in [2.05, 4.69) is 4.90 Å². The summed E-state index contributed by atoms with van der Waals surface area (Å²) >= 11 is 0. The third kappa shape index (κ3) is 5.51. The van der Waals surface area contributed by atoms with Crippen LogP contribution in [0.3, 0.4) is 0 Å². The van der Waals surface area contributed by atoms with E-state index in [9.17, 15) is 36.5 Å². The SMILES string of the molecule is O=C(C[S@@](=O)c1ccc([S@](=O)C(F)(F)F)cc1[N+](=O)[O-])N1CCN(c2ccccc2)CC1. The van der Waals surface area contributed by atoms with Crippen LogP contribution in [0.15, 0.2) is 58.3 Å². The van der Waals surface area contributed by atoms with Crippen LogP contribution in [0.4, 0.5) is 24.5 Å². The number of anilines is 1. The van der Waals surface area contributed by atoms with Crippen molar-refractivity contribution in [1.29, 1.82) is 0 Å². The maximum atomic E-state index is 12.7. The highest BCUT2D eigenvalue weighted by molar-refractivity contribution is 7.86. The van der Waals surface area contributed by atoms with Crippen LogP contribution in [0.25, 0.3) is 0 Å². The fourth-order valence-corrected chi connectivity index (χ4v) is 5.04. The predicted molar refractivity (Wildman–Crippen MR) is 112 cm³/mol. The first-order valence-corrected chi connectivity index (χ1v) is 11.8. The summed E-state index contributed by atoms with van der Waals surface area (Å²) in [5, 5.41) is 11.3. The number of alkyl halides is 3. The average molecular weight is 489 g/mol. The molecule has 1 aliphatic rings. The minimum atomic E-state index is -5.09. The molecular weight excluding hydrogens is 471 g/mol. The zero-order valence-electron chi connectivity index (χ0n) is 16.5. The van der Waals surface area contributed by atoms with E-state index >= 15 is 0 Å². The molecule has 1 heterocycles. The predicted octanol–water partition coefficient (Wildman–Crippen LogP) is 2.68. The molecule has 1 saturated heterocycles. The number of amides is 1. The van der Waals surface area contributed by atoms with Crippen molar-refractivity contribution >= 4 is 38.9 Å². The van der Waals surface area contributed by atoms with E-state index in [-0.39, 0.29) is 0 Å². The smallest absolute Gasteiger partial charge is 0.368 e. The van der Waals surface area contributed by atoms with Gasteiger partial charge in [0, 0.05) is 37.9 Å². The molecule has 0 aliphatic carbocycles. The van der Waals surface area contributed by atoms with Crippen LogP contribution >= 0.6 is 0 Å². The standard InChI is InChI=1S/C19H18F3N3O5S2/c20-19(21,22)32(30)15-6-7-17(16(12-15)25(27)28)31(29)13-18(26)24-10-8-23(9-11-24)14-4-2-1-3-5-14/h1-7,12H,8-11,13H2/t31-,32+/m1/s1. The normalized spacial score (nSPS) is 16.5. The molecule has 2 aromatic carbocycles. The van der Waals surface area contributed by atoms with Crippen LogP contribution in [0, 0.1) is 10.1 Å². The van der Waals surface area contributed by atoms with Crippen molar-refractivity contribution in [2.45, 2.75) is 15.3 Å². The molecule has 172 valence electrons. The van der Waals surface area contributed by atoms with Gasteiger partial charge in [-0.1, -0.05) is 18.2 Å². The number of carbonyl (C=O) groups excluding carboxylic acids is 1. The molecule has 0 radical (unpaired) electrons. The lowest BCUT2D eigenvalue weighted by Crippen LogP contribution is -2.49. The molecule has 32 heavy (non-hydrogen) atoms. The fraction of sp³-hybridized carbons (Fsp3) is 0.316. The highest BCUT2D eigenvalue weighted by Crippen LogP contribution is 2.31.